The fraction of sp³-hybridized carbons (Fsp3) is 0.368. The highest BCUT2D eigenvalue weighted by Gasteiger charge is 2.40. The van der Waals surface area contributed by atoms with Crippen LogP contribution in [-0.4, -0.2) is 39.1 Å². The van der Waals surface area contributed by atoms with E-state index in [4.69, 9.17) is 0 Å². The zero-order chi connectivity index (χ0) is 17.1. The predicted octanol–water partition coefficient (Wildman–Crippen LogP) is 1.60. The largest absolute Gasteiger partial charge is 0.361 e. The molecule has 0 bridgehead atoms. The fourth-order valence-corrected chi connectivity index (χ4v) is 4.83. The van der Waals surface area contributed by atoms with Gasteiger partial charge in [-0.3, -0.25) is 14.3 Å². The van der Waals surface area contributed by atoms with Crippen molar-refractivity contribution >= 4 is 10.9 Å². The number of piperidine rings is 1. The maximum absolute atomic E-state index is 12.2. The molecule has 128 valence electrons. The highest BCUT2D eigenvalue weighted by molar-refractivity contribution is 5.88. The topological polar surface area (TPSA) is 73.9 Å². The van der Waals surface area contributed by atoms with Gasteiger partial charge in [0.15, 0.2) is 0 Å². The normalized spacial score (nSPS) is 25.9. The molecule has 25 heavy (non-hydrogen) atoms. The van der Waals surface area contributed by atoms with E-state index in [9.17, 15) is 9.59 Å². The zero-order valence-corrected chi connectivity index (χ0v) is 14.0. The highest BCUT2D eigenvalue weighted by atomic mass is 16.2. The minimum absolute atomic E-state index is 0.0614. The van der Waals surface area contributed by atoms with Crippen molar-refractivity contribution in [2.45, 2.75) is 30.8 Å². The summed E-state index contributed by atoms with van der Waals surface area (Å²) in [5, 5.41) is 1.35. The van der Waals surface area contributed by atoms with E-state index in [0.717, 1.165) is 19.4 Å². The van der Waals surface area contributed by atoms with Crippen molar-refractivity contribution in [3.8, 4) is 0 Å². The van der Waals surface area contributed by atoms with E-state index in [2.05, 4.69) is 46.3 Å². The lowest BCUT2D eigenvalue weighted by atomic mass is 9.74. The molecule has 3 atom stereocenters. The molecule has 3 aromatic rings. The Morgan fingerprint density at radius 2 is 2.08 bits per heavy atom. The van der Waals surface area contributed by atoms with Crippen LogP contribution in [0.1, 0.15) is 29.5 Å². The summed E-state index contributed by atoms with van der Waals surface area (Å²) < 4.78 is 1.68. The van der Waals surface area contributed by atoms with Crippen molar-refractivity contribution in [3.63, 3.8) is 0 Å². The van der Waals surface area contributed by atoms with Crippen LogP contribution >= 0.6 is 0 Å². The van der Waals surface area contributed by atoms with E-state index in [-0.39, 0.29) is 17.3 Å². The molecule has 0 radical (unpaired) electrons. The van der Waals surface area contributed by atoms with E-state index in [1.165, 1.54) is 28.1 Å². The van der Waals surface area contributed by atoms with E-state index in [1.54, 1.807) is 10.8 Å². The molecule has 0 spiro atoms. The number of benzene rings is 1. The van der Waals surface area contributed by atoms with E-state index in [1.807, 2.05) is 0 Å². The molecule has 3 heterocycles. The first-order chi connectivity index (χ1) is 12.1. The Morgan fingerprint density at radius 1 is 1.20 bits per heavy atom. The summed E-state index contributed by atoms with van der Waals surface area (Å²) in [5.41, 5.74) is 3.29. The summed E-state index contributed by atoms with van der Waals surface area (Å²) in [4.78, 5) is 31.7. The number of aromatic nitrogens is 3. The van der Waals surface area contributed by atoms with Crippen LogP contribution in [0.4, 0.5) is 0 Å². The molecule has 0 saturated carbocycles. The van der Waals surface area contributed by atoms with Gasteiger partial charge in [0.1, 0.15) is 0 Å². The van der Waals surface area contributed by atoms with Gasteiger partial charge >= 0.3 is 5.69 Å². The molecule has 6 nitrogen and oxygen atoms in total. The summed E-state index contributed by atoms with van der Waals surface area (Å²) in [6, 6.07) is 8.40. The van der Waals surface area contributed by atoms with Gasteiger partial charge < -0.3 is 9.88 Å². The molecule has 2 N–H and O–H groups in total. The van der Waals surface area contributed by atoms with Crippen molar-refractivity contribution < 1.29 is 0 Å². The minimum atomic E-state index is -0.345. The molecule has 2 aromatic heterocycles. The SMILES string of the molecule is CN1C[C@H](n2ccc(=O)[nH]c2=O)CC2c3cccc4[nH]cc(c34)C[C@H]21. The summed E-state index contributed by atoms with van der Waals surface area (Å²) >= 11 is 0. The third-order valence-corrected chi connectivity index (χ3v) is 5.95. The Hall–Kier alpha value is -2.60. The maximum Gasteiger partial charge on any atom is 0.328 e. The van der Waals surface area contributed by atoms with Gasteiger partial charge in [-0.05, 0) is 37.1 Å². The summed E-state index contributed by atoms with van der Waals surface area (Å²) in [6.45, 7) is 0.808. The van der Waals surface area contributed by atoms with Crippen molar-refractivity contribution in [2.75, 3.05) is 13.6 Å². The molecule has 1 fully saturated rings. The van der Waals surface area contributed by atoms with Crippen molar-refractivity contribution in [1.82, 2.24) is 19.4 Å². The lowest BCUT2D eigenvalue weighted by molar-refractivity contribution is 0.113. The number of hydrogen-bond acceptors (Lipinski definition) is 3. The zero-order valence-electron chi connectivity index (χ0n) is 14.0. The molecule has 6 heteroatoms. The summed E-state index contributed by atoms with van der Waals surface area (Å²) in [5.74, 6) is 0.384. The average Bonchev–Trinajstić information content (AvgIpc) is 3.00. The van der Waals surface area contributed by atoms with Crippen molar-refractivity contribution in [1.29, 1.82) is 0 Å². The molecule has 1 unspecified atom stereocenters. The maximum atomic E-state index is 12.2. The second-order valence-electron chi connectivity index (χ2n) is 7.31. The third kappa shape index (κ3) is 2.14. The summed E-state index contributed by atoms with van der Waals surface area (Å²) in [6.07, 6.45) is 5.71. The second-order valence-corrected chi connectivity index (χ2v) is 7.31. The second kappa shape index (κ2) is 5.20. The van der Waals surface area contributed by atoms with Crippen LogP contribution in [0.2, 0.25) is 0 Å². The first-order valence-corrected chi connectivity index (χ1v) is 8.72. The first-order valence-electron chi connectivity index (χ1n) is 8.72. The smallest absolute Gasteiger partial charge is 0.328 e. The molecule has 5 rings (SSSR count). The Labute approximate surface area is 144 Å². The number of likely N-dealkylation sites (N-methyl/N-ethyl adjacent to an activating group) is 1. The Kier molecular flexibility index (Phi) is 3.06. The minimum Gasteiger partial charge on any atom is -0.361 e. The van der Waals surface area contributed by atoms with Gasteiger partial charge in [0, 0.05) is 47.9 Å². The average molecular weight is 336 g/mol. The van der Waals surface area contributed by atoms with Gasteiger partial charge in [-0.15, -0.1) is 0 Å². The number of rotatable bonds is 1. The van der Waals surface area contributed by atoms with Crippen molar-refractivity contribution in [2.24, 2.45) is 0 Å². The number of aromatic amines is 2. The molecule has 1 aromatic carbocycles. The molecular formula is C19H20N4O2. The van der Waals surface area contributed by atoms with Crippen LogP contribution in [0, 0.1) is 0 Å². The molecule has 1 saturated heterocycles. The lowest BCUT2D eigenvalue weighted by Gasteiger charge is -2.45. The van der Waals surface area contributed by atoms with Gasteiger partial charge in [0.05, 0.1) is 6.04 Å². The van der Waals surface area contributed by atoms with E-state index < -0.39 is 0 Å². The van der Waals surface area contributed by atoms with Crippen LogP contribution in [0.3, 0.4) is 0 Å². The van der Waals surface area contributed by atoms with Gasteiger partial charge in [-0.1, -0.05) is 12.1 Å². The number of fused-ring (bicyclic) bond motifs is 2. The van der Waals surface area contributed by atoms with E-state index in [0.29, 0.717) is 12.0 Å². The van der Waals surface area contributed by atoms with Gasteiger partial charge in [-0.25, -0.2) is 4.79 Å². The molecule has 2 aliphatic rings. The van der Waals surface area contributed by atoms with E-state index >= 15 is 0 Å². The molecule has 1 aliphatic carbocycles. The predicted molar refractivity (Wildman–Crippen MR) is 96.1 cm³/mol. The lowest BCUT2D eigenvalue weighted by Crippen LogP contribution is -2.50. The quantitative estimate of drug-likeness (QED) is 0.709. The molecular weight excluding hydrogens is 316 g/mol. The Bertz CT molecular complexity index is 1080. The van der Waals surface area contributed by atoms with Gasteiger partial charge in [-0.2, -0.15) is 0 Å². The highest BCUT2D eigenvalue weighted by Crippen LogP contribution is 2.44. The number of nitrogens with one attached hydrogen (secondary N) is 2. The number of nitrogens with zero attached hydrogens (tertiary/aromatic N) is 2. The number of likely N-dealkylation sites (tertiary alicyclic amines) is 1. The molecule has 0 amide bonds. The number of hydrogen-bond donors (Lipinski definition) is 2. The summed E-state index contributed by atoms with van der Waals surface area (Å²) in [7, 11) is 2.14. The Balaban J connectivity index is 1.60. The standard InChI is InChI=1S/C19H20N4O2/c1-22-10-12(23-6-5-17(24)21-19(23)25)8-14-13-3-2-4-15-18(13)11(9-20-15)7-16(14)22/h2-6,9,12,14,16,20H,7-8,10H2,1H3,(H,21,24,25)/t12-,14?,16-/m1/s1. The Morgan fingerprint density at radius 3 is 2.92 bits per heavy atom. The van der Waals surface area contributed by atoms with Crippen LogP contribution in [0.5, 0.6) is 0 Å². The van der Waals surface area contributed by atoms with Gasteiger partial charge in [0.2, 0.25) is 0 Å². The van der Waals surface area contributed by atoms with Crippen molar-refractivity contribution in [3.05, 3.63) is 68.6 Å². The molecule has 1 aliphatic heterocycles. The van der Waals surface area contributed by atoms with Crippen LogP contribution in [0.15, 0.2) is 46.2 Å². The van der Waals surface area contributed by atoms with Crippen LogP contribution < -0.4 is 11.2 Å². The number of H-pyrrole nitrogens is 2. The first kappa shape index (κ1) is 14.7. The fourth-order valence-electron chi connectivity index (χ4n) is 4.83. The van der Waals surface area contributed by atoms with Crippen LogP contribution in [-0.2, 0) is 6.42 Å². The third-order valence-electron chi connectivity index (χ3n) is 5.95. The van der Waals surface area contributed by atoms with Crippen LogP contribution in [0.25, 0.3) is 10.9 Å². The van der Waals surface area contributed by atoms with Gasteiger partial charge in [0.25, 0.3) is 5.56 Å². The monoisotopic (exact) mass is 336 g/mol.